The van der Waals surface area contributed by atoms with Crippen LogP contribution in [0.25, 0.3) is 0 Å². The lowest BCUT2D eigenvalue weighted by atomic mass is 10.1. The molecule has 0 heterocycles. The monoisotopic (exact) mass is 355 g/mol. The van der Waals surface area contributed by atoms with Gasteiger partial charge in [-0.1, -0.05) is 43.3 Å². The lowest BCUT2D eigenvalue weighted by molar-refractivity contribution is -0.124. The summed E-state index contributed by atoms with van der Waals surface area (Å²) in [5.41, 5.74) is 2.47. The van der Waals surface area contributed by atoms with Crippen LogP contribution in [-0.4, -0.2) is 24.5 Å². The van der Waals surface area contributed by atoms with Crippen molar-refractivity contribution in [1.82, 2.24) is 5.32 Å². The normalized spacial score (nSPS) is 11.5. The van der Waals surface area contributed by atoms with E-state index in [1.54, 1.807) is 24.3 Å². The van der Waals surface area contributed by atoms with Crippen LogP contribution in [0, 0.1) is 6.92 Å². The van der Waals surface area contributed by atoms with Gasteiger partial charge in [0.15, 0.2) is 6.61 Å². The first-order valence-corrected chi connectivity index (χ1v) is 8.74. The summed E-state index contributed by atoms with van der Waals surface area (Å²) >= 11 is 0. The number of hydrogen-bond acceptors (Lipinski definition) is 4. The van der Waals surface area contributed by atoms with Gasteiger partial charge in [0.05, 0.1) is 0 Å². The van der Waals surface area contributed by atoms with E-state index in [0.717, 1.165) is 17.5 Å². The van der Waals surface area contributed by atoms with Gasteiger partial charge in [0.2, 0.25) is 0 Å². The highest BCUT2D eigenvalue weighted by atomic mass is 16.5. The predicted molar refractivity (Wildman–Crippen MR) is 100 cm³/mol. The summed E-state index contributed by atoms with van der Waals surface area (Å²) in [4.78, 5) is 24.1. The molecular weight excluding hydrogens is 330 g/mol. The Morgan fingerprint density at radius 1 is 1.08 bits per heavy atom. The summed E-state index contributed by atoms with van der Waals surface area (Å²) in [5.74, 6) is -0.459. The molecule has 0 saturated heterocycles. The van der Waals surface area contributed by atoms with E-state index in [1.165, 1.54) is 0 Å². The van der Waals surface area contributed by atoms with Gasteiger partial charge in [0.25, 0.3) is 5.91 Å². The molecule has 1 N–H and O–H groups in total. The third-order valence-corrected chi connectivity index (χ3v) is 4.11. The van der Waals surface area contributed by atoms with Gasteiger partial charge < -0.3 is 14.8 Å². The zero-order valence-corrected chi connectivity index (χ0v) is 15.5. The van der Waals surface area contributed by atoms with E-state index in [9.17, 15) is 9.59 Å². The first kappa shape index (κ1) is 19.5. The molecule has 0 saturated carbocycles. The highest BCUT2D eigenvalue weighted by Crippen LogP contribution is 2.21. The van der Waals surface area contributed by atoms with Crippen molar-refractivity contribution < 1.29 is 19.1 Å². The molecule has 138 valence electrons. The Labute approximate surface area is 154 Å². The van der Waals surface area contributed by atoms with Crippen molar-refractivity contribution in [2.45, 2.75) is 39.8 Å². The molecule has 2 aromatic carbocycles. The van der Waals surface area contributed by atoms with Crippen LogP contribution in [0.2, 0.25) is 0 Å². The molecule has 1 atom stereocenters. The summed E-state index contributed by atoms with van der Waals surface area (Å²) in [6, 6.07) is 14.8. The van der Waals surface area contributed by atoms with E-state index in [4.69, 9.17) is 9.47 Å². The Kier molecular flexibility index (Phi) is 7.21. The van der Waals surface area contributed by atoms with Crippen molar-refractivity contribution in [3.8, 4) is 5.75 Å². The standard InChI is InChI=1S/C21H25NO4/c1-4-16(3)22-20(23)14-26-21(24)18-11-7-8-12-19(18)25-13-17-10-6-5-9-15(17)2/h5-12,16H,4,13-14H2,1-3H3,(H,22,23). The zero-order valence-electron chi connectivity index (χ0n) is 15.5. The Bertz CT molecular complexity index is 757. The van der Waals surface area contributed by atoms with Gasteiger partial charge in [-0.05, 0) is 43.5 Å². The van der Waals surface area contributed by atoms with Crippen LogP contribution in [-0.2, 0) is 16.1 Å². The summed E-state index contributed by atoms with van der Waals surface area (Å²) in [7, 11) is 0. The molecule has 26 heavy (non-hydrogen) atoms. The van der Waals surface area contributed by atoms with Gasteiger partial charge in [0.1, 0.15) is 17.9 Å². The molecular formula is C21H25NO4. The SMILES string of the molecule is CCC(C)NC(=O)COC(=O)c1ccccc1OCc1ccccc1C. The second-order valence-electron chi connectivity index (χ2n) is 6.16. The first-order valence-electron chi connectivity index (χ1n) is 8.74. The maximum atomic E-state index is 12.3. The average Bonchev–Trinajstić information content (AvgIpc) is 2.65. The fraction of sp³-hybridized carbons (Fsp3) is 0.333. The molecule has 0 aliphatic rings. The number of aryl methyl sites for hydroxylation is 1. The van der Waals surface area contributed by atoms with Crippen LogP contribution in [0.4, 0.5) is 0 Å². The third-order valence-electron chi connectivity index (χ3n) is 4.11. The Morgan fingerprint density at radius 3 is 2.50 bits per heavy atom. The number of ether oxygens (including phenoxy) is 2. The number of esters is 1. The number of carbonyl (C=O) groups is 2. The van der Waals surface area contributed by atoms with Crippen molar-refractivity contribution in [3.05, 3.63) is 65.2 Å². The zero-order chi connectivity index (χ0) is 18.9. The van der Waals surface area contributed by atoms with Crippen molar-refractivity contribution in [1.29, 1.82) is 0 Å². The molecule has 0 spiro atoms. The largest absolute Gasteiger partial charge is 0.488 e. The molecule has 5 nitrogen and oxygen atoms in total. The van der Waals surface area contributed by atoms with Crippen molar-refractivity contribution in [2.75, 3.05) is 6.61 Å². The van der Waals surface area contributed by atoms with Crippen LogP contribution in [0.1, 0.15) is 41.8 Å². The van der Waals surface area contributed by atoms with Crippen LogP contribution in [0.5, 0.6) is 5.75 Å². The summed E-state index contributed by atoms with van der Waals surface area (Å²) in [5, 5.41) is 2.76. The van der Waals surface area contributed by atoms with Crippen LogP contribution in [0.3, 0.4) is 0 Å². The number of benzene rings is 2. The van der Waals surface area contributed by atoms with Crippen LogP contribution < -0.4 is 10.1 Å². The second-order valence-corrected chi connectivity index (χ2v) is 6.16. The quantitative estimate of drug-likeness (QED) is 0.734. The molecule has 2 aromatic rings. The number of amides is 1. The number of hydrogen-bond donors (Lipinski definition) is 1. The number of nitrogens with one attached hydrogen (secondary N) is 1. The Hall–Kier alpha value is -2.82. The molecule has 5 heteroatoms. The molecule has 0 aliphatic heterocycles. The minimum absolute atomic E-state index is 0.0472. The fourth-order valence-corrected chi connectivity index (χ4v) is 2.32. The van der Waals surface area contributed by atoms with Gasteiger partial charge in [-0.2, -0.15) is 0 Å². The maximum absolute atomic E-state index is 12.3. The van der Waals surface area contributed by atoms with E-state index in [0.29, 0.717) is 17.9 Å². The predicted octanol–water partition coefficient (Wildman–Crippen LogP) is 3.65. The lowest BCUT2D eigenvalue weighted by Gasteiger charge is -2.13. The van der Waals surface area contributed by atoms with E-state index < -0.39 is 5.97 Å². The van der Waals surface area contributed by atoms with Crippen molar-refractivity contribution in [2.24, 2.45) is 0 Å². The van der Waals surface area contributed by atoms with E-state index in [-0.39, 0.29) is 18.6 Å². The van der Waals surface area contributed by atoms with Gasteiger partial charge >= 0.3 is 5.97 Å². The minimum Gasteiger partial charge on any atom is -0.488 e. The molecule has 0 aliphatic carbocycles. The molecule has 1 unspecified atom stereocenters. The fourth-order valence-electron chi connectivity index (χ4n) is 2.32. The second kappa shape index (κ2) is 9.61. The lowest BCUT2D eigenvalue weighted by Crippen LogP contribution is -2.35. The van der Waals surface area contributed by atoms with Gasteiger partial charge in [-0.3, -0.25) is 4.79 Å². The molecule has 0 radical (unpaired) electrons. The summed E-state index contributed by atoms with van der Waals surface area (Å²) in [6.45, 7) is 5.92. The number of para-hydroxylation sites is 1. The molecule has 0 bridgehead atoms. The van der Waals surface area contributed by atoms with Crippen molar-refractivity contribution in [3.63, 3.8) is 0 Å². The van der Waals surface area contributed by atoms with Gasteiger partial charge in [-0.15, -0.1) is 0 Å². The molecule has 0 aromatic heterocycles. The Morgan fingerprint density at radius 2 is 1.77 bits per heavy atom. The third kappa shape index (κ3) is 5.62. The van der Waals surface area contributed by atoms with Gasteiger partial charge in [0, 0.05) is 6.04 Å². The summed E-state index contributed by atoms with van der Waals surface area (Å²) in [6.07, 6.45) is 0.815. The highest BCUT2D eigenvalue weighted by Gasteiger charge is 2.16. The van der Waals surface area contributed by atoms with E-state index in [1.807, 2.05) is 45.0 Å². The molecule has 1 amide bonds. The van der Waals surface area contributed by atoms with Gasteiger partial charge in [-0.25, -0.2) is 4.79 Å². The molecule has 0 fully saturated rings. The van der Waals surface area contributed by atoms with Crippen LogP contribution >= 0.6 is 0 Å². The smallest absolute Gasteiger partial charge is 0.342 e. The minimum atomic E-state index is -0.579. The molecule has 2 rings (SSSR count). The van der Waals surface area contributed by atoms with E-state index in [2.05, 4.69) is 5.32 Å². The maximum Gasteiger partial charge on any atom is 0.342 e. The first-order chi connectivity index (χ1) is 12.5. The topological polar surface area (TPSA) is 64.6 Å². The number of carbonyl (C=O) groups excluding carboxylic acids is 2. The average molecular weight is 355 g/mol. The van der Waals surface area contributed by atoms with Crippen molar-refractivity contribution >= 4 is 11.9 Å². The van der Waals surface area contributed by atoms with Crippen LogP contribution in [0.15, 0.2) is 48.5 Å². The Balaban J connectivity index is 1.98. The summed E-state index contributed by atoms with van der Waals surface area (Å²) < 4.78 is 10.9. The highest BCUT2D eigenvalue weighted by molar-refractivity contribution is 5.94. The number of rotatable bonds is 8. The van der Waals surface area contributed by atoms with E-state index >= 15 is 0 Å².